The van der Waals surface area contributed by atoms with Gasteiger partial charge in [-0.1, -0.05) is 6.92 Å². The second kappa shape index (κ2) is 4.33. The van der Waals surface area contributed by atoms with E-state index in [0.717, 1.165) is 0 Å². The third kappa shape index (κ3) is 3.51. The molecule has 2 unspecified atom stereocenters. The molecule has 2 atom stereocenters. The van der Waals surface area contributed by atoms with Gasteiger partial charge in [-0.15, -0.1) is 0 Å². The molecule has 0 aliphatic carbocycles. The fraction of sp³-hybridized carbons (Fsp3) is 0.833. The maximum atomic E-state index is 10.3. The molecule has 0 aromatic carbocycles. The highest BCUT2D eigenvalue weighted by atomic mass is 16.5. The lowest BCUT2D eigenvalue weighted by Gasteiger charge is -2.16. The molecule has 3 nitrogen and oxygen atoms in total. The van der Waals surface area contributed by atoms with Gasteiger partial charge in [-0.25, -0.2) is 0 Å². The van der Waals surface area contributed by atoms with Gasteiger partial charge in [0, 0.05) is 6.92 Å². The van der Waals surface area contributed by atoms with Crippen LogP contribution < -0.4 is 0 Å². The summed E-state index contributed by atoms with van der Waals surface area (Å²) in [5, 5.41) is 8.97. The first-order valence-corrected chi connectivity index (χ1v) is 3.18. The summed E-state index contributed by atoms with van der Waals surface area (Å²) in [7, 11) is 5.24. The van der Waals surface area contributed by atoms with Crippen LogP contribution in [0.5, 0.6) is 0 Å². The van der Waals surface area contributed by atoms with Crippen LogP contribution in [0.2, 0.25) is 0 Å². The quantitative estimate of drug-likeness (QED) is 0.439. The van der Waals surface area contributed by atoms with Crippen molar-refractivity contribution in [3.05, 3.63) is 0 Å². The SMILES string of the molecule is [B]C(OC(C)=O)C(O)CC. The lowest BCUT2D eigenvalue weighted by atomic mass is 9.93. The molecule has 10 heavy (non-hydrogen) atoms. The van der Waals surface area contributed by atoms with Crippen molar-refractivity contribution in [1.29, 1.82) is 0 Å². The van der Waals surface area contributed by atoms with Crippen LogP contribution in [0.15, 0.2) is 0 Å². The van der Waals surface area contributed by atoms with Crippen LogP contribution >= 0.6 is 0 Å². The van der Waals surface area contributed by atoms with Crippen LogP contribution in [0.1, 0.15) is 20.3 Å². The maximum absolute atomic E-state index is 10.3. The second-order valence-corrected chi connectivity index (χ2v) is 2.05. The van der Waals surface area contributed by atoms with Crippen LogP contribution in [0, 0.1) is 0 Å². The lowest BCUT2D eigenvalue weighted by molar-refractivity contribution is -0.146. The number of ether oxygens (including phenoxy) is 1. The van der Waals surface area contributed by atoms with Crippen LogP contribution in [0.3, 0.4) is 0 Å². The van der Waals surface area contributed by atoms with E-state index in [1.165, 1.54) is 6.92 Å². The number of hydrogen-bond donors (Lipinski definition) is 1. The Kier molecular flexibility index (Phi) is 4.11. The molecular formula is C6H11BO3. The largest absolute Gasteiger partial charge is 0.470 e. The molecule has 0 heterocycles. The van der Waals surface area contributed by atoms with Crippen LogP contribution in [0.25, 0.3) is 0 Å². The third-order valence-electron chi connectivity index (χ3n) is 1.10. The summed E-state index contributed by atoms with van der Waals surface area (Å²) in [6, 6.07) is -0.887. The average molecular weight is 142 g/mol. The molecule has 4 heteroatoms. The predicted octanol–water partition coefficient (Wildman–Crippen LogP) is -0.185. The summed E-state index contributed by atoms with van der Waals surface area (Å²) in [5.41, 5.74) is 0. The Morgan fingerprint density at radius 3 is 2.60 bits per heavy atom. The average Bonchev–Trinajstić information content (AvgIpc) is 1.85. The van der Waals surface area contributed by atoms with Gasteiger partial charge >= 0.3 is 5.97 Å². The number of carbonyl (C=O) groups is 1. The standard InChI is InChI=1S/C6H11BO3/c1-3-5(9)6(7)10-4(2)8/h5-6,9H,3H2,1-2H3. The third-order valence-corrected chi connectivity index (χ3v) is 1.10. The van der Waals surface area contributed by atoms with Crippen molar-refractivity contribution in [2.24, 2.45) is 0 Å². The van der Waals surface area contributed by atoms with Gasteiger partial charge in [-0.05, 0) is 6.42 Å². The highest BCUT2D eigenvalue weighted by molar-refractivity contribution is 6.12. The molecular weight excluding hydrogens is 131 g/mol. The van der Waals surface area contributed by atoms with Crippen LogP contribution in [-0.2, 0) is 9.53 Å². The normalized spacial score (nSPS) is 15.9. The minimum absolute atomic E-state index is 0.472. The number of rotatable bonds is 3. The summed E-state index contributed by atoms with van der Waals surface area (Å²) in [4.78, 5) is 10.3. The predicted molar refractivity (Wildman–Crippen MR) is 37.6 cm³/mol. The molecule has 0 amide bonds. The van der Waals surface area contributed by atoms with E-state index in [0.29, 0.717) is 6.42 Å². The van der Waals surface area contributed by atoms with Crippen molar-refractivity contribution in [2.75, 3.05) is 0 Å². The second-order valence-electron chi connectivity index (χ2n) is 2.05. The molecule has 0 spiro atoms. The van der Waals surface area contributed by atoms with E-state index < -0.39 is 18.1 Å². The topological polar surface area (TPSA) is 46.5 Å². The smallest absolute Gasteiger partial charge is 0.302 e. The van der Waals surface area contributed by atoms with Gasteiger partial charge in [0.2, 0.25) is 0 Å². The number of aliphatic hydroxyl groups is 1. The molecule has 0 rings (SSSR count). The summed E-state index contributed by atoms with van der Waals surface area (Å²) < 4.78 is 4.49. The first-order valence-electron chi connectivity index (χ1n) is 3.18. The maximum Gasteiger partial charge on any atom is 0.302 e. The lowest BCUT2D eigenvalue weighted by Crippen LogP contribution is -2.30. The molecule has 0 saturated heterocycles. The molecule has 0 aromatic rings. The molecule has 0 aliphatic heterocycles. The van der Waals surface area contributed by atoms with E-state index in [4.69, 9.17) is 13.0 Å². The van der Waals surface area contributed by atoms with Crippen molar-refractivity contribution in [3.8, 4) is 0 Å². The van der Waals surface area contributed by atoms with Gasteiger partial charge < -0.3 is 9.84 Å². The molecule has 0 aromatic heterocycles. The van der Waals surface area contributed by atoms with Crippen LogP contribution in [0.4, 0.5) is 0 Å². The summed E-state index contributed by atoms with van der Waals surface area (Å²) in [5.74, 6) is -0.472. The van der Waals surface area contributed by atoms with Crippen molar-refractivity contribution >= 4 is 13.8 Å². The summed E-state index contributed by atoms with van der Waals surface area (Å²) >= 11 is 0. The van der Waals surface area contributed by atoms with E-state index in [9.17, 15) is 4.79 Å². The van der Waals surface area contributed by atoms with E-state index in [2.05, 4.69) is 4.74 Å². The molecule has 1 N–H and O–H groups in total. The molecule has 2 radical (unpaired) electrons. The van der Waals surface area contributed by atoms with Gasteiger partial charge in [0.1, 0.15) is 7.85 Å². The van der Waals surface area contributed by atoms with E-state index in [1.807, 2.05) is 0 Å². The first kappa shape index (κ1) is 9.49. The zero-order chi connectivity index (χ0) is 8.15. The van der Waals surface area contributed by atoms with Crippen molar-refractivity contribution < 1.29 is 14.6 Å². The highest BCUT2D eigenvalue weighted by Gasteiger charge is 2.13. The van der Waals surface area contributed by atoms with Crippen molar-refractivity contribution in [1.82, 2.24) is 0 Å². The molecule has 0 aliphatic rings. The monoisotopic (exact) mass is 142 g/mol. The number of aliphatic hydroxyl groups excluding tert-OH is 1. The number of hydrogen-bond acceptors (Lipinski definition) is 3. The Morgan fingerprint density at radius 1 is 1.80 bits per heavy atom. The molecule has 0 bridgehead atoms. The van der Waals surface area contributed by atoms with Crippen LogP contribution in [-0.4, -0.2) is 31.0 Å². The van der Waals surface area contributed by atoms with E-state index >= 15 is 0 Å². The van der Waals surface area contributed by atoms with Gasteiger partial charge in [0.25, 0.3) is 0 Å². The molecule has 0 saturated carbocycles. The first-order chi connectivity index (χ1) is 4.57. The van der Waals surface area contributed by atoms with Crippen molar-refractivity contribution in [3.63, 3.8) is 0 Å². The van der Waals surface area contributed by atoms with E-state index in [1.54, 1.807) is 6.92 Å². The Morgan fingerprint density at radius 2 is 2.30 bits per heavy atom. The van der Waals surface area contributed by atoms with Crippen molar-refractivity contribution in [2.45, 2.75) is 32.4 Å². The minimum Gasteiger partial charge on any atom is -0.470 e. The minimum atomic E-state index is -0.887. The fourth-order valence-corrected chi connectivity index (χ4v) is 0.502. The fourth-order valence-electron chi connectivity index (χ4n) is 0.502. The highest BCUT2D eigenvalue weighted by Crippen LogP contribution is 1.98. The zero-order valence-corrected chi connectivity index (χ0v) is 6.20. The summed E-state index contributed by atoms with van der Waals surface area (Å²) in [6.45, 7) is 3.01. The Hall–Kier alpha value is -0.505. The zero-order valence-electron chi connectivity index (χ0n) is 6.20. The summed E-state index contributed by atoms with van der Waals surface area (Å²) in [6.07, 6.45) is -0.280. The Labute approximate surface area is 61.8 Å². The van der Waals surface area contributed by atoms with Gasteiger partial charge in [-0.3, -0.25) is 4.79 Å². The number of carbonyl (C=O) groups excluding carboxylic acids is 1. The molecule has 56 valence electrons. The Balaban J connectivity index is 3.61. The van der Waals surface area contributed by atoms with Gasteiger partial charge in [0.15, 0.2) is 0 Å². The van der Waals surface area contributed by atoms with E-state index in [-0.39, 0.29) is 0 Å². The number of esters is 1. The molecule has 0 fully saturated rings. The van der Waals surface area contributed by atoms with Gasteiger partial charge in [0.05, 0.1) is 12.1 Å². The Bertz CT molecular complexity index is 116. The van der Waals surface area contributed by atoms with Gasteiger partial charge in [-0.2, -0.15) is 0 Å².